The Kier molecular flexibility index (Phi) is 5.49. The van der Waals surface area contributed by atoms with Crippen LogP contribution in [0.4, 0.5) is 5.69 Å². The van der Waals surface area contributed by atoms with Crippen molar-refractivity contribution in [2.45, 2.75) is 13.5 Å². The lowest BCUT2D eigenvalue weighted by Gasteiger charge is -2.09. The molecule has 0 atom stereocenters. The maximum Gasteiger partial charge on any atom is 0.248 e. The summed E-state index contributed by atoms with van der Waals surface area (Å²) in [6.45, 7) is 1.66. The number of nitrogens with zero attached hydrogens (tertiary/aromatic N) is 1. The van der Waals surface area contributed by atoms with Gasteiger partial charge in [0.15, 0.2) is 0 Å². The monoisotopic (exact) mass is 293 g/mol. The fourth-order valence-electron chi connectivity index (χ4n) is 1.89. The third kappa shape index (κ3) is 4.90. The highest BCUT2D eigenvalue weighted by molar-refractivity contribution is 6.02. The summed E-state index contributed by atoms with van der Waals surface area (Å²) in [5, 5.41) is 13.8. The van der Waals surface area contributed by atoms with Gasteiger partial charge in [0.2, 0.25) is 5.91 Å². The van der Waals surface area contributed by atoms with Crippen LogP contribution < -0.4 is 10.4 Å². The van der Waals surface area contributed by atoms with Crippen LogP contribution in [-0.2, 0) is 11.3 Å². The van der Waals surface area contributed by atoms with Crippen molar-refractivity contribution in [1.82, 2.24) is 0 Å². The van der Waals surface area contributed by atoms with Crippen molar-refractivity contribution in [3.8, 4) is 0 Å². The van der Waals surface area contributed by atoms with Gasteiger partial charge < -0.3 is 15.4 Å². The summed E-state index contributed by atoms with van der Waals surface area (Å²) in [4.78, 5) is 15.8. The largest absolute Gasteiger partial charge is 0.862 e. The van der Waals surface area contributed by atoms with Crippen molar-refractivity contribution >= 4 is 23.6 Å². The van der Waals surface area contributed by atoms with Crippen molar-refractivity contribution in [2.24, 2.45) is 4.99 Å². The smallest absolute Gasteiger partial charge is 0.248 e. The molecule has 0 spiro atoms. The fraction of sp³-hybridized carbons (Fsp3) is 0.111. The number of carbonyl (C=O) groups excluding carboxylic acids is 1. The van der Waals surface area contributed by atoms with Gasteiger partial charge in [-0.1, -0.05) is 48.5 Å². The van der Waals surface area contributed by atoms with Crippen molar-refractivity contribution in [3.05, 3.63) is 71.8 Å². The average Bonchev–Trinajstić information content (AvgIpc) is 2.53. The van der Waals surface area contributed by atoms with Crippen LogP contribution in [0.2, 0.25) is 0 Å². The summed E-state index contributed by atoms with van der Waals surface area (Å²) in [6, 6.07) is 16.9. The second kappa shape index (κ2) is 7.78. The van der Waals surface area contributed by atoms with Crippen LogP contribution in [0.15, 0.2) is 65.7 Å². The van der Waals surface area contributed by atoms with E-state index in [4.69, 9.17) is 0 Å². The first kappa shape index (κ1) is 15.5. The number of hydrogen-bond acceptors (Lipinski definition) is 3. The summed E-state index contributed by atoms with van der Waals surface area (Å²) >= 11 is 0. The Labute approximate surface area is 129 Å². The SMILES string of the molecule is CC([O-])=NCc1ccccc1NC(=O)/C=C/c1ccccc1. The van der Waals surface area contributed by atoms with Crippen LogP contribution in [0.25, 0.3) is 6.08 Å². The lowest BCUT2D eigenvalue weighted by atomic mass is 10.1. The van der Waals surface area contributed by atoms with Gasteiger partial charge >= 0.3 is 0 Å². The van der Waals surface area contributed by atoms with E-state index in [1.54, 1.807) is 12.1 Å². The van der Waals surface area contributed by atoms with Crippen molar-refractivity contribution in [3.63, 3.8) is 0 Å². The Bertz CT molecular complexity index is 687. The molecule has 2 aromatic carbocycles. The minimum absolute atomic E-state index is 0.223. The number of nitrogens with one attached hydrogen (secondary N) is 1. The van der Waals surface area contributed by atoms with Crippen molar-refractivity contribution in [1.29, 1.82) is 0 Å². The molecule has 0 bridgehead atoms. The van der Waals surface area contributed by atoms with Gasteiger partial charge in [-0.15, -0.1) is 0 Å². The Morgan fingerprint density at radius 1 is 1.14 bits per heavy atom. The number of aliphatic imine (C=N–C) groups is 1. The molecule has 4 nitrogen and oxygen atoms in total. The highest BCUT2D eigenvalue weighted by atomic mass is 16.3. The molecule has 0 heterocycles. The minimum Gasteiger partial charge on any atom is -0.862 e. The molecule has 1 amide bonds. The zero-order chi connectivity index (χ0) is 15.8. The van der Waals surface area contributed by atoms with Gasteiger partial charge in [-0.3, -0.25) is 4.79 Å². The van der Waals surface area contributed by atoms with Gasteiger partial charge in [-0.05, 0) is 36.1 Å². The molecule has 0 aliphatic carbocycles. The van der Waals surface area contributed by atoms with E-state index in [2.05, 4.69) is 10.3 Å². The van der Waals surface area contributed by atoms with Gasteiger partial charge in [0, 0.05) is 11.8 Å². The third-order valence-corrected chi connectivity index (χ3v) is 2.97. The predicted octanol–water partition coefficient (Wildman–Crippen LogP) is 2.62. The third-order valence-electron chi connectivity index (χ3n) is 2.97. The zero-order valence-electron chi connectivity index (χ0n) is 12.3. The van der Waals surface area contributed by atoms with E-state index in [1.807, 2.05) is 48.5 Å². The summed E-state index contributed by atoms with van der Waals surface area (Å²) < 4.78 is 0. The van der Waals surface area contributed by atoms with E-state index in [1.165, 1.54) is 13.0 Å². The molecule has 0 aliphatic heterocycles. The summed E-state index contributed by atoms with van der Waals surface area (Å²) in [5.41, 5.74) is 2.42. The van der Waals surface area contributed by atoms with E-state index >= 15 is 0 Å². The molecular formula is C18H17N2O2-. The van der Waals surface area contributed by atoms with Crippen molar-refractivity contribution in [2.75, 3.05) is 5.32 Å². The van der Waals surface area contributed by atoms with Crippen LogP contribution in [0.3, 0.4) is 0 Å². The number of anilines is 1. The van der Waals surface area contributed by atoms with Gasteiger partial charge in [-0.2, -0.15) is 0 Å². The second-order valence-electron chi connectivity index (χ2n) is 4.73. The quantitative estimate of drug-likeness (QED) is 0.523. The molecule has 112 valence electrons. The minimum atomic E-state index is -0.231. The Morgan fingerprint density at radius 2 is 1.82 bits per heavy atom. The fourth-order valence-corrected chi connectivity index (χ4v) is 1.89. The van der Waals surface area contributed by atoms with E-state index in [0.29, 0.717) is 5.69 Å². The van der Waals surface area contributed by atoms with E-state index < -0.39 is 0 Å². The molecule has 0 fully saturated rings. The highest BCUT2D eigenvalue weighted by Crippen LogP contribution is 2.16. The molecule has 0 saturated carbocycles. The maximum absolute atomic E-state index is 12.0. The van der Waals surface area contributed by atoms with Crippen molar-refractivity contribution < 1.29 is 9.90 Å². The summed E-state index contributed by atoms with van der Waals surface area (Å²) in [6.07, 6.45) is 3.23. The highest BCUT2D eigenvalue weighted by Gasteiger charge is 2.03. The predicted molar refractivity (Wildman–Crippen MR) is 87.4 cm³/mol. The number of rotatable bonds is 5. The van der Waals surface area contributed by atoms with Crippen LogP contribution in [0.1, 0.15) is 18.1 Å². The first-order valence-electron chi connectivity index (χ1n) is 6.95. The van der Waals surface area contributed by atoms with Crippen LogP contribution in [0.5, 0.6) is 0 Å². The van der Waals surface area contributed by atoms with E-state index in [9.17, 15) is 9.90 Å². The second-order valence-corrected chi connectivity index (χ2v) is 4.73. The molecule has 2 rings (SSSR count). The van der Waals surface area contributed by atoms with Crippen LogP contribution in [-0.4, -0.2) is 11.8 Å². The average molecular weight is 293 g/mol. The van der Waals surface area contributed by atoms with Gasteiger partial charge in [0.05, 0.1) is 6.54 Å². The molecule has 0 radical (unpaired) electrons. The standard InChI is InChI=1S/C18H18N2O2/c1-14(21)19-13-16-9-5-6-10-17(16)20-18(22)12-11-15-7-3-2-4-8-15/h2-12H,13H2,1H3,(H,19,21)(H,20,22)/p-1/b12-11+. The number of carbonyl (C=O) groups is 1. The van der Waals surface area contributed by atoms with Gasteiger partial charge in [0.1, 0.15) is 0 Å². The maximum atomic E-state index is 12.0. The Hall–Kier alpha value is -2.88. The lowest BCUT2D eigenvalue weighted by molar-refractivity contribution is -0.216. The van der Waals surface area contributed by atoms with Crippen LogP contribution >= 0.6 is 0 Å². The van der Waals surface area contributed by atoms with Gasteiger partial charge in [0.25, 0.3) is 0 Å². The molecule has 0 saturated heterocycles. The van der Waals surface area contributed by atoms with E-state index in [-0.39, 0.29) is 18.3 Å². The zero-order valence-corrected chi connectivity index (χ0v) is 12.3. The van der Waals surface area contributed by atoms with Gasteiger partial charge in [-0.25, -0.2) is 0 Å². The number of benzene rings is 2. The van der Waals surface area contributed by atoms with E-state index in [0.717, 1.165) is 11.1 Å². The Morgan fingerprint density at radius 3 is 2.55 bits per heavy atom. The first-order chi connectivity index (χ1) is 10.6. The first-order valence-corrected chi connectivity index (χ1v) is 6.95. The normalized spacial score (nSPS) is 11.6. The molecule has 2 aromatic rings. The molecular weight excluding hydrogens is 276 g/mol. The lowest BCUT2D eigenvalue weighted by Crippen LogP contribution is -2.13. The van der Waals surface area contributed by atoms with Crippen LogP contribution in [0, 0.1) is 0 Å². The molecule has 0 aromatic heterocycles. The molecule has 0 unspecified atom stereocenters. The summed E-state index contributed by atoms with van der Waals surface area (Å²) in [5.74, 6) is -0.454. The Balaban J connectivity index is 2.05. The topological polar surface area (TPSA) is 64.5 Å². The molecule has 22 heavy (non-hydrogen) atoms. The summed E-state index contributed by atoms with van der Waals surface area (Å²) in [7, 11) is 0. The molecule has 4 heteroatoms. The molecule has 0 aliphatic rings. The number of amides is 1. The number of para-hydroxylation sites is 1. The number of hydrogen-bond donors (Lipinski definition) is 1. The molecule has 1 N–H and O–H groups in total.